The molecule has 0 atom stereocenters. The van der Waals surface area contributed by atoms with Crippen molar-refractivity contribution in [2.24, 2.45) is 0 Å². The number of halogens is 1. The standard InChI is InChI=1S/C10H13N5S.ClH/c1-2-9(16-7-1)10-12-14-15(13-10)8-3-5-11-6-4-8;/h1-2,7-8,11H,3-6H2;1H. The number of rotatable bonds is 2. The molecule has 0 spiro atoms. The first kappa shape index (κ1) is 12.5. The summed E-state index contributed by atoms with van der Waals surface area (Å²) >= 11 is 1.65. The Bertz CT molecular complexity index is 449. The van der Waals surface area contributed by atoms with Crippen molar-refractivity contribution in [2.75, 3.05) is 13.1 Å². The van der Waals surface area contributed by atoms with E-state index in [0.29, 0.717) is 6.04 Å². The van der Waals surface area contributed by atoms with Gasteiger partial charge >= 0.3 is 0 Å². The molecule has 0 unspecified atom stereocenters. The molecule has 3 rings (SSSR count). The Balaban J connectivity index is 0.00000108. The molecule has 92 valence electrons. The molecule has 1 aliphatic heterocycles. The van der Waals surface area contributed by atoms with Crippen molar-refractivity contribution in [3.05, 3.63) is 17.5 Å². The second-order valence-electron chi connectivity index (χ2n) is 3.89. The number of hydrogen-bond acceptors (Lipinski definition) is 5. The van der Waals surface area contributed by atoms with Gasteiger partial charge in [0, 0.05) is 0 Å². The fourth-order valence-corrected chi connectivity index (χ4v) is 2.57. The van der Waals surface area contributed by atoms with E-state index < -0.39 is 0 Å². The van der Waals surface area contributed by atoms with Gasteiger partial charge in [0.25, 0.3) is 0 Å². The zero-order valence-electron chi connectivity index (χ0n) is 9.24. The maximum absolute atomic E-state index is 4.45. The zero-order chi connectivity index (χ0) is 10.8. The molecule has 0 aromatic carbocycles. The quantitative estimate of drug-likeness (QED) is 0.904. The number of piperidine rings is 1. The minimum Gasteiger partial charge on any atom is -0.317 e. The summed E-state index contributed by atoms with van der Waals surface area (Å²) in [6.07, 6.45) is 2.17. The van der Waals surface area contributed by atoms with Gasteiger partial charge in [-0.25, -0.2) is 0 Å². The molecule has 3 heterocycles. The third-order valence-corrected chi connectivity index (χ3v) is 3.67. The van der Waals surface area contributed by atoms with E-state index in [-0.39, 0.29) is 12.4 Å². The normalized spacial score (nSPS) is 16.7. The molecule has 0 aliphatic carbocycles. The van der Waals surface area contributed by atoms with Crippen molar-refractivity contribution in [3.8, 4) is 10.7 Å². The number of thiophene rings is 1. The largest absolute Gasteiger partial charge is 0.317 e. The summed E-state index contributed by atoms with van der Waals surface area (Å²) in [7, 11) is 0. The van der Waals surface area contributed by atoms with Gasteiger partial charge < -0.3 is 5.32 Å². The van der Waals surface area contributed by atoms with Crippen molar-refractivity contribution in [3.63, 3.8) is 0 Å². The van der Waals surface area contributed by atoms with Gasteiger partial charge in [0.1, 0.15) is 0 Å². The summed E-state index contributed by atoms with van der Waals surface area (Å²) in [6, 6.07) is 4.43. The summed E-state index contributed by atoms with van der Waals surface area (Å²) in [6.45, 7) is 2.08. The molecule has 1 aliphatic rings. The molecule has 2 aromatic rings. The van der Waals surface area contributed by atoms with E-state index in [2.05, 4.69) is 20.7 Å². The van der Waals surface area contributed by atoms with Crippen LogP contribution in [-0.4, -0.2) is 33.3 Å². The third kappa shape index (κ3) is 2.65. The van der Waals surface area contributed by atoms with Crippen molar-refractivity contribution < 1.29 is 0 Å². The van der Waals surface area contributed by atoms with Crippen LogP contribution in [0.5, 0.6) is 0 Å². The fourth-order valence-electron chi connectivity index (χ4n) is 1.92. The molecule has 0 amide bonds. The Morgan fingerprint density at radius 2 is 2.18 bits per heavy atom. The molecule has 2 aromatic heterocycles. The third-order valence-electron chi connectivity index (χ3n) is 2.81. The van der Waals surface area contributed by atoms with Crippen LogP contribution in [0.3, 0.4) is 0 Å². The summed E-state index contributed by atoms with van der Waals surface area (Å²) in [5.74, 6) is 0.744. The molecule has 1 N–H and O–H groups in total. The highest BCUT2D eigenvalue weighted by molar-refractivity contribution is 7.13. The molecule has 17 heavy (non-hydrogen) atoms. The monoisotopic (exact) mass is 271 g/mol. The van der Waals surface area contributed by atoms with Crippen LogP contribution in [0.2, 0.25) is 0 Å². The smallest absolute Gasteiger partial charge is 0.214 e. The second-order valence-corrected chi connectivity index (χ2v) is 4.84. The molecule has 1 saturated heterocycles. The van der Waals surface area contributed by atoms with Crippen LogP contribution >= 0.6 is 23.7 Å². The molecule has 7 heteroatoms. The van der Waals surface area contributed by atoms with Gasteiger partial charge in [0.05, 0.1) is 10.9 Å². The van der Waals surface area contributed by atoms with Crippen molar-refractivity contribution in [1.29, 1.82) is 0 Å². The molecule has 0 radical (unpaired) electrons. The number of nitrogens with one attached hydrogen (secondary N) is 1. The lowest BCUT2D eigenvalue weighted by Crippen LogP contribution is -2.30. The maximum atomic E-state index is 4.45. The Hall–Kier alpha value is -0.980. The Morgan fingerprint density at radius 3 is 2.88 bits per heavy atom. The topological polar surface area (TPSA) is 55.6 Å². The predicted molar refractivity (Wildman–Crippen MR) is 69.5 cm³/mol. The lowest BCUT2D eigenvalue weighted by molar-refractivity contribution is 0.309. The molecular weight excluding hydrogens is 258 g/mol. The van der Waals surface area contributed by atoms with Crippen LogP contribution in [0, 0.1) is 0 Å². The fraction of sp³-hybridized carbons (Fsp3) is 0.500. The number of nitrogens with zero attached hydrogens (tertiary/aromatic N) is 4. The van der Waals surface area contributed by atoms with E-state index in [9.17, 15) is 0 Å². The van der Waals surface area contributed by atoms with Gasteiger partial charge in [0.2, 0.25) is 5.82 Å². The van der Waals surface area contributed by atoms with Gasteiger partial charge in [-0.3, -0.25) is 0 Å². The summed E-state index contributed by atoms with van der Waals surface area (Å²) in [5.41, 5.74) is 0. The molecule has 0 saturated carbocycles. The first-order chi connectivity index (χ1) is 7.93. The van der Waals surface area contributed by atoms with E-state index in [1.54, 1.807) is 16.1 Å². The summed E-state index contributed by atoms with van der Waals surface area (Å²) in [5, 5.41) is 18.1. The highest BCUT2D eigenvalue weighted by Crippen LogP contribution is 2.22. The van der Waals surface area contributed by atoms with Gasteiger partial charge in [-0.15, -0.1) is 33.9 Å². The lowest BCUT2D eigenvalue weighted by atomic mass is 10.1. The van der Waals surface area contributed by atoms with Crippen LogP contribution in [-0.2, 0) is 0 Å². The molecule has 5 nitrogen and oxygen atoms in total. The number of tetrazole rings is 1. The Kier molecular flexibility index (Phi) is 4.09. The van der Waals surface area contributed by atoms with Crippen LogP contribution in [0.4, 0.5) is 0 Å². The first-order valence-corrected chi connectivity index (χ1v) is 6.35. The molecular formula is C10H14ClN5S. The van der Waals surface area contributed by atoms with Gasteiger partial charge in [-0.2, -0.15) is 4.80 Å². The van der Waals surface area contributed by atoms with E-state index in [0.717, 1.165) is 36.6 Å². The SMILES string of the molecule is Cl.c1csc(-c2nnn(C3CCNCC3)n2)c1. The minimum absolute atomic E-state index is 0. The minimum atomic E-state index is 0. The first-order valence-electron chi connectivity index (χ1n) is 5.47. The van der Waals surface area contributed by atoms with Crippen LogP contribution in [0.25, 0.3) is 10.7 Å². The van der Waals surface area contributed by atoms with Gasteiger partial charge in [-0.05, 0) is 42.6 Å². The number of aromatic nitrogens is 4. The average molecular weight is 272 g/mol. The van der Waals surface area contributed by atoms with Crippen molar-refractivity contribution >= 4 is 23.7 Å². The van der Waals surface area contributed by atoms with E-state index in [1.165, 1.54) is 0 Å². The van der Waals surface area contributed by atoms with Gasteiger partial charge in [-0.1, -0.05) is 6.07 Å². The van der Waals surface area contributed by atoms with E-state index in [1.807, 2.05) is 17.5 Å². The lowest BCUT2D eigenvalue weighted by Gasteiger charge is -2.20. The van der Waals surface area contributed by atoms with Gasteiger partial charge in [0.15, 0.2) is 0 Å². The van der Waals surface area contributed by atoms with Crippen LogP contribution in [0.1, 0.15) is 18.9 Å². The average Bonchev–Trinajstić information content (AvgIpc) is 3.01. The highest BCUT2D eigenvalue weighted by atomic mass is 35.5. The Labute approximate surface area is 110 Å². The van der Waals surface area contributed by atoms with E-state index >= 15 is 0 Å². The van der Waals surface area contributed by atoms with Crippen molar-refractivity contribution in [1.82, 2.24) is 25.5 Å². The zero-order valence-corrected chi connectivity index (χ0v) is 10.9. The van der Waals surface area contributed by atoms with Crippen LogP contribution in [0.15, 0.2) is 17.5 Å². The van der Waals surface area contributed by atoms with E-state index in [4.69, 9.17) is 0 Å². The second kappa shape index (κ2) is 5.57. The summed E-state index contributed by atoms with van der Waals surface area (Å²) < 4.78 is 0. The van der Waals surface area contributed by atoms with Crippen molar-refractivity contribution in [2.45, 2.75) is 18.9 Å². The molecule has 1 fully saturated rings. The predicted octanol–water partition coefficient (Wildman–Crippen LogP) is 1.75. The molecule has 0 bridgehead atoms. The number of hydrogen-bond donors (Lipinski definition) is 1. The summed E-state index contributed by atoms with van der Waals surface area (Å²) in [4.78, 5) is 2.86. The maximum Gasteiger partial charge on any atom is 0.214 e. The Morgan fingerprint density at radius 1 is 1.35 bits per heavy atom. The highest BCUT2D eigenvalue weighted by Gasteiger charge is 2.18. The van der Waals surface area contributed by atoms with Crippen LogP contribution < -0.4 is 5.32 Å².